The van der Waals surface area contributed by atoms with E-state index in [0.29, 0.717) is 5.82 Å². The highest BCUT2D eigenvalue weighted by molar-refractivity contribution is 7.92. The summed E-state index contributed by atoms with van der Waals surface area (Å²) in [7, 11) is -3.44. The van der Waals surface area contributed by atoms with Gasteiger partial charge in [-0.1, -0.05) is 0 Å². The molecule has 7 heteroatoms. The Morgan fingerprint density at radius 3 is 2.20 bits per heavy atom. The molecule has 0 radical (unpaired) electrons. The molecule has 84 valence electrons. The third-order valence-corrected chi connectivity index (χ3v) is 4.25. The Balaban J connectivity index is 3.18. The molecule has 15 heavy (non-hydrogen) atoms. The van der Waals surface area contributed by atoms with E-state index < -0.39 is 14.6 Å². The lowest BCUT2D eigenvalue weighted by Crippen LogP contribution is -2.29. The van der Waals surface area contributed by atoms with Gasteiger partial charge in [0.1, 0.15) is 0 Å². The minimum atomic E-state index is -3.44. The second kappa shape index (κ2) is 3.74. The molecule has 0 aliphatic heterocycles. The number of hydrazine groups is 1. The van der Waals surface area contributed by atoms with E-state index in [-0.39, 0.29) is 5.03 Å². The molecule has 1 aromatic heterocycles. The molecule has 0 spiro atoms. The molecule has 0 aliphatic rings. The molecule has 3 N–H and O–H groups in total. The SMILES string of the molecule is CC(C)(C)S(=O)(=O)c1ccc(NN)nn1. The number of nitrogens with zero attached hydrogens (tertiary/aromatic N) is 2. The van der Waals surface area contributed by atoms with E-state index in [2.05, 4.69) is 15.6 Å². The fourth-order valence-electron chi connectivity index (χ4n) is 0.854. The Hall–Kier alpha value is -1.21. The van der Waals surface area contributed by atoms with Crippen LogP contribution in [0.1, 0.15) is 20.8 Å². The molecule has 0 saturated heterocycles. The summed E-state index contributed by atoms with van der Waals surface area (Å²) in [6.45, 7) is 4.83. The van der Waals surface area contributed by atoms with E-state index in [1.54, 1.807) is 20.8 Å². The molecule has 0 aromatic carbocycles. The molecule has 0 fully saturated rings. The van der Waals surface area contributed by atoms with Gasteiger partial charge in [0.15, 0.2) is 10.8 Å². The summed E-state index contributed by atoms with van der Waals surface area (Å²) in [5, 5.41) is 7.17. The lowest BCUT2D eigenvalue weighted by molar-refractivity contribution is 0.554. The molecule has 1 heterocycles. The van der Waals surface area contributed by atoms with E-state index >= 15 is 0 Å². The van der Waals surface area contributed by atoms with Crippen LogP contribution in [0.2, 0.25) is 0 Å². The summed E-state index contributed by atoms with van der Waals surface area (Å²) in [5.41, 5.74) is 2.28. The third kappa shape index (κ3) is 2.24. The lowest BCUT2D eigenvalue weighted by Gasteiger charge is -2.17. The Bertz CT molecular complexity index is 433. The van der Waals surface area contributed by atoms with E-state index in [1.807, 2.05) is 0 Å². The van der Waals surface area contributed by atoms with Crippen LogP contribution in [0.5, 0.6) is 0 Å². The number of aromatic nitrogens is 2. The van der Waals surface area contributed by atoms with Crippen molar-refractivity contribution in [3.63, 3.8) is 0 Å². The predicted octanol–water partition coefficient (Wildman–Crippen LogP) is 0.334. The number of anilines is 1. The van der Waals surface area contributed by atoms with Crippen LogP contribution < -0.4 is 11.3 Å². The average Bonchev–Trinajstić information content (AvgIpc) is 2.16. The van der Waals surface area contributed by atoms with Gasteiger partial charge in [-0.3, -0.25) is 0 Å². The van der Waals surface area contributed by atoms with Crippen LogP contribution in [-0.4, -0.2) is 23.4 Å². The van der Waals surface area contributed by atoms with Crippen LogP contribution in [0.4, 0.5) is 5.82 Å². The van der Waals surface area contributed by atoms with Crippen LogP contribution in [0.25, 0.3) is 0 Å². The first kappa shape index (κ1) is 11.9. The van der Waals surface area contributed by atoms with Crippen molar-refractivity contribution in [2.24, 2.45) is 5.84 Å². The van der Waals surface area contributed by atoms with Gasteiger partial charge >= 0.3 is 0 Å². The molecule has 0 unspecified atom stereocenters. The first-order chi connectivity index (χ1) is 6.79. The fourth-order valence-corrected chi connectivity index (χ4v) is 1.88. The summed E-state index contributed by atoms with van der Waals surface area (Å²) in [4.78, 5) is 0. The molecular formula is C8H14N4O2S. The Labute approximate surface area is 88.8 Å². The first-order valence-corrected chi connectivity index (χ1v) is 5.82. The Morgan fingerprint density at radius 1 is 1.27 bits per heavy atom. The van der Waals surface area contributed by atoms with Crippen LogP contribution in [0.15, 0.2) is 17.2 Å². The number of nitrogens with two attached hydrogens (primary N) is 1. The van der Waals surface area contributed by atoms with Crippen LogP contribution >= 0.6 is 0 Å². The van der Waals surface area contributed by atoms with Gasteiger partial charge in [0.2, 0.25) is 9.84 Å². The van der Waals surface area contributed by atoms with Crippen LogP contribution in [-0.2, 0) is 9.84 Å². The second-order valence-electron chi connectivity index (χ2n) is 4.02. The number of sulfone groups is 1. The molecule has 0 aliphatic carbocycles. The number of hydrogen-bond donors (Lipinski definition) is 2. The maximum Gasteiger partial charge on any atom is 0.202 e. The van der Waals surface area contributed by atoms with Gasteiger partial charge in [0.05, 0.1) is 4.75 Å². The van der Waals surface area contributed by atoms with Crippen molar-refractivity contribution >= 4 is 15.7 Å². The zero-order chi connectivity index (χ0) is 11.7. The minimum Gasteiger partial charge on any atom is -0.307 e. The Kier molecular flexibility index (Phi) is 2.96. The smallest absolute Gasteiger partial charge is 0.202 e. The molecule has 0 amide bonds. The number of nitrogens with one attached hydrogen (secondary N) is 1. The van der Waals surface area contributed by atoms with Gasteiger partial charge in [-0.15, -0.1) is 10.2 Å². The van der Waals surface area contributed by atoms with Crippen LogP contribution in [0.3, 0.4) is 0 Å². The van der Waals surface area contributed by atoms with Crippen LogP contribution in [0, 0.1) is 0 Å². The maximum absolute atomic E-state index is 11.9. The van der Waals surface area contributed by atoms with Gasteiger partial charge in [-0.2, -0.15) is 0 Å². The zero-order valence-corrected chi connectivity index (χ0v) is 9.67. The monoisotopic (exact) mass is 230 g/mol. The number of nitrogen functional groups attached to an aromatic ring is 1. The molecule has 1 aromatic rings. The second-order valence-corrected chi connectivity index (χ2v) is 6.67. The summed E-state index contributed by atoms with van der Waals surface area (Å²) in [6.07, 6.45) is 0. The predicted molar refractivity (Wildman–Crippen MR) is 56.8 cm³/mol. The number of rotatable bonds is 2. The van der Waals surface area contributed by atoms with Crippen molar-refractivity contribution < 1.29 is 8.42 Å². The quantitative estimate of drug-likeness (QED) is 0.561. The van der Waals surface area contributed by atoms with Crippen molar-refractivity contribution in [1.29, 1.82) is 0 Å². The van der Waals surface area contributed by atoms with E-state index in [9.17, 15) is 8.42 Å². The third-order valence-electron chi connectivity index (χ3n) is 1.87. The normalized spacial score (nSPS) is 12.5. The van der Waals surface area contributed by atoms with Gasteiger partial charge in [-0.05, 0) is 32.9 Å². The van der Waals surface area contributed by atoms with Crippen molar-refractivity contribution in [2.75, 3.05) is 5.43 Å². The van der Waals surface area contributed by atoms with Crippen molar-refractivity contribution in [3.8, 4) is 0 Å². The number of hydrogen-bond acceptors (Lipinski definition) is 6. The summed E-state index contributed by atoms with van der Waals surface area (Å²) < 4.78 is 22.9. The highest BCUT2D eigenvalue weighted by atomic mass is 32.2. The highest BCUT2D eigenvalue weighted by Gasteiger charge is 2.32. The first-order valence-electron chi connectivity index (χ1n) is 4.34. The van der Waals surface area contributed by atoms with Crippen molar-refractivity contribution in [1.82, 2.24) is 10.2 Å². The Morgan fingerprint density at radius 2 is 1.87 bits per heavy atom. The van der Waals surface area contributed by atoms with Gasteiger partial charge in [-0.25, -0.2) is 14.3 Å². The molecule has 1 rings (SSSR count). The summed E-state index contributed by atoms with van der Waals surface area (Å²) in [5.74, 6) is 5.41. The topological polar surface area (TPSA) is 98.0 Å². The molecule has 6 nitrogen and oxygen atoms in total. The fraction of sp³-hybridized carbons (Fsp3) is 0.500. The molecule has 0 bridgehead atoms. The average molecular weight is 230 g/mol. The summed E-state index contributed by atoms with van der Waals surface area (Å²) >= 11 is 0. The van der Waals surface area contributed by atoms with Gasteiger partial charge < -0.3 is 5.43 Å². The zero-order valence-electron chi connectivity index (χ0n) is 8.85. The molecule has 0 atom stereocenters. The van der Waals surface area contributed by atoms with E-state index in [1.165, 1.54) is 12.1 Å². The molecule has 0 saturated carbocycles. The lowest BCUT2D eigenvalue weighted by atomic mass is 10.3. The van der Waals surface area contributed by atoms with Crippen molar-refractivity contribution in [2.45, 2.75) is 30.5 Å². The standard InChI is InChI=1S/C8H14N4O2S/c1-8(2,3)15(13,14)7-5-4-6(10-9)11-12-7/h4-5H,9H2,1-3H3,(H,10,11). The van der Waals surface area contributed by atoms with E-state index in [0.717, 1.165) is 0 Å². The van der Waals surface area contributed by atoms with Crippen molar-refractivity contribution in [3.05, 3.63) is 12.1 Å². The largest absolute Gasteiger partial charge is 0.307 e. The summed E-state index contributed by atoms with van der Waals surface area (Å²) in [6, 6.07) is 2.84. The van der Waals surface area contributed by atoms with Gasteiger partial charge in [0, 0.05) is 0 Å². The minimum absolute atomic E-state index is 0.0472. The van der Waals surface area contributed by atoms with E-state index in [4.69, 9.17) is 5.84 Å². The van der Waals surface area contributed by atoms with Gasteiger partial charge in [0.25, 0.3) is 0 Å². The molecular weight excluding hydrogens is 216 g/mol. The maximum atomic E-state index is 11.9. The highest BCUT2D eigenvalue weighted by Crippen LogP contribution is 2.22.